The van der Waals surface area contributed by atoms with Gasteiger partial charge in [0.1, 0.15) is 12.3 Å². The monoisotopic (exact) mass is 497 g/mol. The molecule has 4 rings (SSSR count). The van der Waals surface area contributed by atoms with E-state index in [-0.39, 0.29) is 16.6 Å². The van der Waals surface area contributed by atoms with Crippen molar-refractivity contribution in [3.8, 4) is 17.0 Å². The predicted molar refractivity (Wildman–Crippen MR) is 128 cm³/mol. The van der Waals surface area contributed by atoms with Gasteiger partial charge in [0.25, 0.3) is 15.6 Å². The Morgan fingerprint density at radius 2 is 1.88 bits per heavy atom. The Balaban J connectivity index is 1.42. The molecule has 0 aliphatic heterocycles. The van der Waals surface area contributed by atoms with Gasteiger partial charge in [-0.3, -0.25) is 18.9 Å². The number of aromatic nitrogens is 3. The number of para-hydroxylation sites is 1. The van der Waals surface area contributed by atoms with E-state index in [1.54, 1.807) is 17.5 Å². The van der Waals surface area contributed by atoms with Crippen molar-refractivity contribution in [3.63, 3.8) is 0 Å². The second-order valence-electron chi connectivity index (χ2n) is 6.96. The Bertz CT molecular complexity index is 1470. The first-order chi connectivity index (χ1) is 16.4. The number of nitrogens with zero attached hydrogens (tertiary/aromatic N) is 3. The number of amides is 1. The van der Waals surface area contributed by atoms with Gasteiger partial charge in [0.2, 0.25) is 5.91 Å². The number of carbonyl (C=O) groups is 1. The molecule has 0 atom stereocenters. The smallest absolute Gasteiger partial charge is 0.263 e. The quantitative estimate of drug-likeness (QED) is 0.382. The van der Waals surface area contributed by atoms with E-state index in [2.05, 4.69) is 20.0 Å². The predicted octanol–water partition coefficient (Wildman–Crippen LogP) is 2.81. The van der Waals surface area contributed by atoms with Crippen molar-refractivity contribution >= 4 is 38.1 Å². The molecule has 2 aromatic heterocycles. The van der Waals surface area contributed by atoms with Crippen LogP contribution in [0.5, 0.6) is 5.75 Å². The lowest BCUT2D eigenvalue weighted by atomic mass is 10.1. The summed E-state index contributed by atoms with van der Waals surface area (Å²) in [5.41, 5.74) is 1.07. The highest BCUT2D eigenvalue weighted by Gasteiger charge is 2.16. The zero-order valence-corrected chi connectivity index (χ0v) is 19.5. The van der Waals surface area contributed by atoms with E-state index in [9.17, 15) is 18.0 Å². The molecule has 10 nitrogen and oxygen atoms in total. The summed E-state index contributed by atoms with van der Waals surface area (Å²) in [5, 5.41) is 4.55. The lowest BCUT2D eigenvalue weighted by Crippen LogP contribution is -2.27. The molecule has 0 radical (unpaired) electrons. The average Bonchev–Trinajstić information content (AvgIpc) is 3.33. The molecular formula is C22H19N5O5S2. The van der Waals surface area contributed by atoms with Gasteiger partial charge in [-0.2, -0.15) is 0 Å². The number of carbonyl (C=O) groups excluding carboxylic acids is 1. The van der Waals surface area contributed by atoms with E-state index in [1.165, 1.54) is 54.5 Å². The maximum Gasteiger partial charge on any atom is 0.263 e. The zero-order valence-electron chi connectivity index (χ0n) is 17.8. The zero-order chi connectivity index (χ0) is 24.1. The van der Waals surface area contributed by atoms with E-state index < -0.39 is 21.5 Å². The summed E-state index contributed by atoms with van der Waals surface area (Å²) in [6.45, 7) is -0.260. The summed E-state index contributed by atoms with van der Waals surface area (Å²) in [6, 6.07) is 14.1. The van der Waals surface area contributed by atoms with Crippen LogP contribution in [0.2, 0.25) is 0 Å². The normalized spacial score (nSPS) is 11.1. The van der Waals surface area contributed by atoms with Gasteiger partial charge in [-0.25, -0.2) is 18.4 Å². The van der Waals surface area contributed by atoms with Gasteiger partial charge in [-0.15, -0.1) is 11.3 Å². The van der Waals surface area contributed by atoms with Crippen LogP contribution in [-0.4, -0.2) is 36.0 Å². The van der Waals surface area contributed by atoms with Crippen LogP contribution in [0.3, 0.4) is 0 Å². The Morgan fingerprint density at radius 1 is 1.12 bits per heavy atom. The maximum atomic E-state index is 12.5. The van der Waals surface area contributed by atoms with Gasteiger partial charge in [0.15, 0.2) is 5.13 Å². The van der Waals surface area contributed by atoms with E-state index in [0.29, 0.717) is 22.7 Å². The topological polar surface area (TPSA) is 132 Å². The first-order valence-corrected chi connectivity index (χ1v) is 12.2. The highest BCUT2D eigenvalue weighted by atomic mass is 32.2. The summed E-state index contributed by atoms with van der Waals surface area (Å²) in [5.74, 6) is 0.114. The number of benzene rings is 2. The number of anilines is 2. The van der Waals surface area contributed by atoms with Gasteiger partial charge < -0.3 is 10.1 Å². The molecule has 0 spiro atoms. The lowest BCUT2D eigenvalue weighted by Gasteiger charge is -2.10. The first-order valence-electron chi connectivity index (χ1n) is 9.88. The van der Waals surface area contributed by atoms with E-state index in [4.69, 9.17) is 4.74 Å². The van der Waals surface area contributed by atoms with E-state index in [0.717, 1.165) is 11.3 Å². The SMILES string of the molecule is COc1ccccc1-c1cc(=O)n(CC(=O)Nc2ccc(S(=O)(=O)Nc3nccs3)cc2)cn1. The van der Waals surface area contributed by atoms with Crippen LogP contribution < -0.4 is 20.3 Å². The molecule has 0 unspecified atom stereocenters. The van der Waals surface area contributed by atoms with Crippen molar-refractivity contribution in [2.24, 2.45) is 0 Å². The summed E-state index contributed by atoms with van der Waals surface area (Å²) in [4.78, 5) is 33.1. The van der Waals surface area contributed by atoms with Crippen LogP contribution in [-0.2, 0) is 21.4 Å². The third kappa shape index (κ3) is 5.30. The molecule has 174 valence electrons. The van der Waals surface area contributed by atoms with Crippen molar-refractivity contribution in [3.05, 3.63) is 82.9 Å². The number of sulfonamides is 1. The number of nitrogens with one attached hydrogen (secondary N) is 2. The molecule has 0 fully saturated rings. The van der Waals surface area contributed by atoms with Gasteiger partial charge in [-0.1, -0.05) is 12.1 Å². The molecule has 0 saturated heterocycles. The van der Waals surface area contributed by atoms with Gasteiger partial charge in [0.05, 0.1) is 24.0 Å². The van der Waals surface area contributed by atoms with Crippen molar-refractivity contribution in [1.29, 1.82) is 0 Å². The van der Waals surface area contributed by atoms with Crippen molar-refractivity contribution < 1.29 is 17.9 Å². The maximum absolute atomic E-state index is 12.5. The van der Waals surface area contributed by atoms with Crippen molar-refractivity contribution in [2.75, 3.05) is 17.1 Å². The Hall–Kier alpha value is -4.03. The summed E-state index contributed by atoms with van der Waals surface area (Å²) in [7, 11) is -2.26. The standard InChI is InChI=1S/C22H19N5O5S2/c1-32-19-5-3-2-4-17(19)18-12-21(29)27(14-24-18)13-20(28)25-15-6-8-16(9-7-15)34(30,31)26-22-23-10-11-33-22/h2-12,14H,13H2,1H3,(H,23,26)(H,25,28). The third-order valence-electron chi connectivity index (χ3n) is 4.68. The van der Waals surface area contributed by atoms with Crippen LogP contribution in [0.15, 0.2) is 82.2 Å². The molecule has 12 heteroatoms. The second kappa shape index (κ2) is 9.85. The fraction of sp³-hybridized carbons (Fsp3) is 0.0909. The summed E-state index contributed by atoms with van der Waals surface area (Å²) in [6.07, 6.45) is 2.79. The average molecular weight is 498 g/mol. The van der Waals surface area contributed by atoms with Crippen LogP contribution in [0.4, 0.5) is 10.8 Å². The molecule has 0 aliphatic carbocycles. The fourth-order valence-corrected chi connectivity index (χ4v) is 4.86. The fourth-order valence-electron chi connectivity index (χ4n) is 3.07. The molecule has 2 heterocycles. The molecule has 2 N–H and O–H groups in total. The highest BCUT2D eigenvalue weighted by molar-refractivity contribution is 7.93. The Morgan fingerprint density at radius 3 is 2.56 bits per heavy atom. The Labute approximate surface area is 199 Å². The lowest BCUT2D eigenvalue weighted by molar-refractivity contribution is -0.116. The molecular weight excluding hydrogens is 478 g/mol. The van der Waals surface area contributed by atoms with Crippen LogP contribution >= 0.6 is 11.3 Å². The second-order valence-corrected chi connectivity index (χ2v) is 9.53. The van der Waals surface area contributed by atoms with E-state index in [1.807, 2.05) is 12.1 Å². The molecule has 34 heavy (non-hydrogen) atoms. The van der Waals surface area contributed by atoms with Crippen LogP contribution in [0, 0.1) is 0 Å². The van der Waals surface area contributed by atoms with Gasteiger partial charge >= 0.3 is 0 Å². The molecule has 0 aliphatic rings. The minimum absolute atomic E-state index is 0.0213. The van der Waals surface area contributed by atoms with E-state index >= 15 is 0 Å². The summed E-state index contributed by atoms with van der Waals surface area (Å²) < 4.78 is 33.6. The molecule has 4 aromatic rings. The molecule has 0 bridgehead atoms. The first kappa shape index (κ1) is 23.1. The number of ether oxygens (including phenoxy) is 1. The molecule has 1 amide bonds. The number of hydrogen-bond acceptors (Lipinski definition) is 8. The van der Waals surface area contributed by atoms with Crippen LogP contribution in [0.1, 0.15) is 0 Å². The number of hydrogen-bond donors (Lipinski definition) is 2. The van der Waals surface area contributed by atoms with Gasteiger partial charge in [-0.05, 0) is 36.4 Å². The van der Waals surface area contributed by atoms with Crippen LogP contribution in [0.25, 0.3) is 11.3 Å². The largest absolute Gasteiger partial charge is 0.496 e. The third-order valence-corrected chi connectivity index (χ3v) is 6.85. The van der Waals surface area contributed by atoms with Crippen molar-refractivity contribution in [1.82, 2.24) is 14.5 Å². The number of thiazole rings is 1. The van der Waals surface area contributed by atoms with Gasteiger partial charge in [0, 0.05) is 28.9 Å². The summed E-state index contributed by atoms with van der Waals surface area (Å²) >= 11 is 1.16. The number of methoxy groups -OCH3 is 1. The minimum Gasteiger partial charge on any atom is -0.496 e. The molecule has 2 aromatic carbocycles. The Kier molecular flexibility index (Phi) is 6.70. The molecule has 0 saturated carbocycles. The van der Waals surface area contributed by atoms with Crippen molar-refractivity contribution in [2.45, 2.75) is 11.4 Å². The highest BCUT2D eigenvalue weighted by Crippen LogP contribution is 2.26. The minimum atomic E-state index is -3.79. The number of rotatable bonds is 8.